The Morgan fingerprint density at radius 2 is 2.00 bits per heavy atom. The highest BCUT2D eigenvalue weighted by Crippen LogP contribution is 2.22. The van der Waals surface area contributed by atoms with Crippen molar-refractivity contribution in [3.8, 4) is 0 Å². The van der Waals surface area contributed by atoms with E-state index >= 15 is 0 Å². The summed E-state index contributed by atoms with van der Waals surface area (Å²) in [5.41, 5.74) is 2.85. The summed E-state index contributed by atoms with van der Waals surface area (Å²) in [7, 11) is 0. The lowest BCUT2D eigenvalue weighted by Gasteiger charge is -2.20. The van der Waals surface area contributed by atoms with Crippen LogP contribution in [0.4, 0.5) is 4.79 Å². The van der Waals surface area contributed by atoms with Crippen molar-refractivity contribution in [3.05, 3.63) is 34.9 Å². The fraction of sp³-hybridized carbons (Fsp3) is 0.438. The van der Waals surface area contributed by atoms with E-state index in [1.165, 1.54) is 0 Å². The molecule has 0 saturated carbocycles. The van der Waals surface area contributed by atoms with Crippen molar-refractivity contribution >= 4 is 17.9 Å². The fourth-order valence-electron chi connectivity index (χ4n) is 2.91. The van der Waals surface area contributed by atoms with Gasteiger partial charge in [-0.2, -0.15) is 0 Å². The second kappa shape index (κ2) is 5.44. The minimum atomic E-state index is -0.601. The first-order valence-corrected chi connectivity index (χ1v) is 7.32. The van der Waals surface area contributed by atoms with E-state index in [0.29, 0.717) is 25.1 Å². The summed E-state index contributed by atoms with van der Waals surface area (Å²) >= 11 is 0. The van der Waals surface area contributed by atoms with Crippen LogP contribution in [0.3, 0.4) is 0 Å². The number of cyclic esters (lactones) is 1. The van der Waals surface area contributed by atoms with Crippen molar-refractivity contribution < 1.29 is 19.1 Å². The average Bonchev–Trinajstić information content (AvgIpc) is 3.08. The molecule has 22 heavy (non-hydrogen) atoms. The third-order valence-corrected chi connectivity index (χ3v) is 4.35. The molecule has 116 valence electrons. The van der Waals surface area contributed by atoms with Crippen molar-refractivity contribution in [2.45, 2.75) is 26.3 Å². The molecule has 6 heteroatoms. The molecule has 1 aromatic rings. The van der Waals surface area contributed by atoms with Crippen LogP contribution >= 0.6 is 0 Å². The van der Waals surface area contributed by atoms with E-state index in [0.717, 1.165) is 16.0 Å². The smallest absolute Gasteiger partial charge is 0.417 e. The topological polar surface area (TPSA) is 66.9 Å². The molecule has 2 saturated heterocycles. The highest BCUT2D eigenvalue weighted by Gasteiger charge is 2.41. The maximum atomic E-state index is 12.5. The summed E-state index contributed by atoms with van der Waals surface area (Å²) in [4.78, 5) is 38.6. The van der Waals surface area contributed by atoms with E-state index in [4.69, 9.17) is 4.74 Å². The molecule has 1 aromatic carbocycles. The van der Waals surface area contributed by atoms with Gasteiger partial charge in [-0.25, -0.2) is 9.69 Å². The van der Waals surface area contributed by atoms with Crippen molar-refractivity contribution in [3.63, 3.8) is 0 Å². The van der Waals surface area contributed by atoms with Gasteiger partial charge in [0.15, 0.2) is 6.61 Å². The van der Waals surface area contributed by atoms with Gasteiger partial charge in [-0.3, -0.25) is 9.59 Å². The fourth-order valence-corrected chi connectivity index (χ4v) is 2.91. The van der Waals surface area contributed by atoms with Gasteiger partial charge in [-0.1, -0.05) is 6.07 Å². The zero-order valence-corrected chi connectivity index (χ0v) is 12.7. The van der Waals surface area contributed by atoms with Crippen LogP contribution < -0.4 is 0 Å². The minimum Gasteiger partial charge on any atom is -0.439 e. The Balaban J connectivity index is 1.72. The van der Waals surface area contributed by atoms with Crippen LogP contribution in [0.5, 0.6) is 0 Å². The number of imide groups is 1. The first kappa shape index (κ1) is 14.6. The van der Waals surface area contributed by atoms with Gasteiger partial charge in [0.25, 0.3) is 11.8 Å². The zero-order chi connectivity index (χ0) is 15.9. The lowest BCUT2D eigenvalue weighted by molar-refractivity contribution is -0.127. The molecule has 2 fully saturated rings. The largest absolute Gasteiger partial charge is 0.439 e. The Hall–Kier alpha value is -2.37. The van der Waals surface area contributed by atoms with Gasteiger partial charge >= 0.3 is 6.09 Å². The number of hydrogen-bond donors (Lipinski definition) is 0. The first-order chi connectivity index (χ1) is 10.5. The predicted molar refractivity (Wildman–Crippen MR) is 78.4 cm³/mol. The first-order valence-electron chi connectivity index (χ1n) is 7.32. The molecular formula is C16H18N2O4. The number of ether oxygens (including phenoxy) is 1. The summed E-state index contributed by atoms with van der Waals surface area (Å²) in [6.07, 6.45) is -0.00674. The van der Waals surface area contributed by atoms with Crippen LogP contribution in [0.25, 0.3) is 0 Å². The van der Waals surface area contributed by atoms with Crippen LogP contribution in [0.1, 0.15) is 27.9 Å². The van der Waals surface area contributed by atoms with Crippen LogP contribution in [-0.4, -0.2) is 53.4 Å². The molecule has 0 N–H and O–H groups in total. The summed E-state index contributed by atoms with van der Waals surface area (Å²) in [6, 6.07) is 5.34. The van der Waals surface area contributed by atoms with Gasteiger partial charge in [0.2, 0.25) is 0 Å². The molecule has 3 rings (SSSR count). The highest BCUT2D eigenvalue weighted by molar-refractivity contribution is 5.98. The van der Waals surface area contributed by atoms with Crippen LogP contribution in [-0.2, 0) is 9.53 Å². The number of nitrogens with zero attached hydrogens (tertiary/aromatic N) is 2. The van der Waals surface area contributed by atoms with Crippen molar-refractivity contribution in [2.24, 2.45) is 0 Å². The van der Waals surface area contributed by atoms with Crippen LogP contribution in [0.15, 0.2) is 18.2 Å². The summed E-state index contributed by atoms with van der Waals surface area (Å²) in [5.74, 6) is -0.388. The van der Waals surface area contributed by atoms with Crippen molar-refractivity contribution in [1.82, 2.24) is 9.80 Å². The number of aryl methyl sites for hydroxylation is 2. The number of carbonyl (C=O) groups is 3. The number of amides is 3. The standard InChI is InChI=1S/C16H18N2O4/c1-10-3-4-12(7-11(10)2)15(20)17-6-5-13(8-17)18-14(19)9-22-16(18)21/h3-4,7,13H,5-6,8-9H2,1-2H3. The lowest BCUT2D eigenvalue weighted by atomic mass is 10.1. The molecule has 6 nitrogen and oxygen atoms in total. The number of likely N-dealkylation sites (tertiary alicyclic amines) is 1. The van der Waals surface area contributed by atoms with E-state index in [1.54, 1.807) is 4.90 Å². The van der Waals surface area contributed by atoms with E-state index < -0.39 is 6.09 Å². The molecular weight excluding hydrogens is 284 g/mol. The molecule has 0 aliphatic carbocycles. The number of carbonyl (C=O) groups excluding carboxylic acids is 3. The third-order valence-electron chi connectivity index (χ3n) is 4.35. The predicted octanol–water partition coefficient (Wildman–Crippen LogP) is 1.50. The van der Waals surface area contributed by atoms with Gasteiger partial charge in [0.1, 0.15) is 0 Å². The van der Waals surface area contributed by atoms with Crippen molar-refractivity contribution in [1.29, 1.82) is 0 Å². The summed E-state index contributed by atoms with van der Waals surface area (Å²) in [6.45, 7) is 4.68. The monoisotopic (exact) mass is 302 g/mol. The second-order valence-electron chi connectivity index (χ2n) is 5.81. The van der Waals surface area contributed by atoms with E-state index in [9.17, 15) is 14.4 Å². The maximum absolute atomic E-state index is 12.5. The molecule has 0 aromatic heterocycles. The van der Waals surface area contributed by atoms with Gasteiger partial charge in [0, 0.05) is 18.7 Å². The molecule has 2 heterocycles. The van der Waals surface area contributed by atoms with Gasteiger partial charge in [-0.15, -0.1) is 0 Å². The molecule has 3 amide bonds. The second-order valence-corrected chi connectivity index (χ2v) is 5.81. The van der Waals surface area contributed by atoms with E-state index in [1.807, 2.05) is 32.0 Å². The summed E-state index contributed by atoms with van der Waals surface area (Å²) < 4.78 is 4.73. The normalized spacial score (nSPS) is 21.5. The minimum absolute atomic E-state index is 0.0642. The van der Waals surface area contributed by atoms with E-state index in [-0.39, 0.29) is 24.5 Å². The van der Waals surface area contributed by atoms with Crippen LogP contribution in [0, 0.1) is 13.8 Å². The highest BCUT2D eigenvalue weighted by atomic mass is 16.6. The third kappa shape index (κ3) is 2.45. The maximum Gasteiger partial charge on any atom is 0.417 e. The number of rotatable bonds is 2. The Labute approximate surface area is 128 Å². The van der Waals surface area contributed by atoms with Gasteiger partial charge < -0.3 is 9.64 Å². The lowest BCUT2D eigenvalue weighted by Crippen LogP contribution is -2.42. The molecule has 1 unspecified atom stereocenters. The average molecular weight is 302 g/mol. The van der Waals surface area contributed by atoms with Crippen LogP contribution in [0.2, 0.25) is 0 Å². The Morgan fingerprint density at radius 1 is 1.23 bits per heavy atom. The Kier molecular flexibility index (Phi) is 3.60. The van der Waals surface area contributed by atoms with Gasteiger partial charge in [0.05, 0.1) is 6.04 Å². The number of hydrogen-bond acceptors (Lipinski definition) is 4. The Bertz CT molecular complexity index is 640. The summed E-state index contributed by atoms with van der Waals surface area (Å²) in [5, 5.41) is 0. The molecule has 2 aliphatic heterocycles. The molecule has 0 bridgehead atoms. The zero-order valence-electron chi connectivity index (χ0n) is 12.7. The van der Waals surface area contributed by atoms with Crippen molar-refractivity contribution in [2.75, 3.05) is 19.7 Å². The molecule has 0 spiro atoms. The quantitative estimate of drug-likeness (QED) is 0.830. The number of benzene rings is 1. The van der Waals surface area contributed by atoms with Gasteiger partial charge in [-0.05, 0) is 43.5 Å². The molecule has 0 radical (unpaired) electrons. The van der Waals surface area contributed by atoms with E-state index in [2.05, 4.69) is 0 Å². The SMILES string of the molecule is Cc1ccc(C(=O)N2CCC(N3C(=O)COC3=O)C2)cc1C. The molecule has 1 atom stereocenters. The molecule has 2 aliphatic rings. The Morgan fingerprint density at radius 3 is 2.64 bits per heavy atom.